The fraction of sp³-hybridized carbons (Fsp3) is 0.102. The molecule has 2 aromatic heterocycles. The minimum atomic E-state index is 0.359. The second-order valence-corrected chi connectivity index (χ2v) is 13.5. The van der Waals surface area contributed by atoms with Crippen molar-refractivity contribution < 1.29 is 0 Å². The maximum absolute atomic E-state index is 2.50. The van der Waals surface area contributed by atoms with Crippen molar-refractivity contribution in [1.29, 1.82) is 0 Å². The highest BCUT2D eigenvalue weighted by molar-refractivity contribution is 6.11. The molecule has 1 atom stereocenters. The van der Waals surface area contributed by atoms with Gasteiger partial charge in [-0.05, 0) is 84.5 Å². The van der Waals surface area contributed by atoms with Gasteiger partial charge in [-0.2, -0.15) is 0 Å². The number of rotatable bonds is 7. The monoisotopic (exact) mass is 656 g/mol. The van der Waals surface area contributed by atoms with Gasteiger partial charge in [-0.3, -0.25) is 0 Å². The van der Waals surface area contributed by atoms with E-state index >= 15 is 0 Å². The van der Waals surface area contributed by atoms with Crippen LogP contribution in [0.5, 0.6) is 0 Å². The van der Waals surface area contributed by atoms with Crippen molar-refractivity contribution in [3.63, 3.8) is 0 Å². The molecule has 0 saturated carbocycles. The van der Waals surface area contributed by atoms with Crippen LogP contribution in [0.2, 0.25) is 0 Å². The van der Waals surface area contributed by atoms with Gasteiger partial charge in [0.2, 0.25) is 0 Å². The van der Waals surface area contributed by atoms with Gasteiger partial charge in [0.15, 0.2) is 0 Å². The minimum Gasteiger partial charge on any atom is -0.309 e. The standard InChI is InChI=1S/C49H40N2/c1-3-5-17-34(4-2)36-28-30-48-42(32-36)40-22-11-15-26-46(40)50(48)44-24-13-9-20-38(44)39-21-10-14-25-45(39)51-47-27-16-12-23-41(47)43-33-37(29-31-49(43)51)35-18-7-6-8-19-35/h4-31,33,36H,3,32H2,1-2H3/b17-5-,34-4+. The average molecular weight is 657 g/mol. The third-order valence-corrected chi connectivity index (χ3v) is 10.6. The molecule has 2 heterocycles. The number of fused-ring (bicyclic) bond motifs is 6. The molecule has 0 radical (unpaired) electrons. The van der Waals surface area contributed by atoms with Crippen molar-refractivity contribution in [2.75, 3.05) is 0 Å². The number of benzene rings is 6. The van der Waals surface area contributed by atoms with Gasteiger partial charge in [-0.15, -0.1) is 0 Å². The van der Waals surface area contributed by atoms with Crippen LogP contribution in [0.25, 0.3) is 72.4 Å². The number of allylic oxidation sites excluding steroid dienone is 5. The zero-order valence-corrected chi connectivity index (χ0v) is 29.1. The summed E-state index contributed by atoms with van der Waals surface area (Å²) in [6.45, 7) is 4.36. The summed E-state index contributed by atoms with van der Waals surface area (Å²) in [4.78, 5) is 0. The summed E-state index contributed by atoms with van der Waals surface area (Å²) in [6.07, 6.45) is 13.7. The topological polar surface area (TPSA) is 9.86 Å². The van der Waals surface area contributed by atoms with Crippen molar-refractivity contribution >= 4 is 38.8 Å². The highest BCUT2D eigenvalue weighted by atomic mass is 15.0. The van der Waals surface area contributed by atoms with Crippen LogP contribution in [0.1, 0.15) is 31.5 Å². The Morgan fingerprint density at radius 3 is 1.94 bits per heavy atom. The van der Waals surface area contributed by atoms with Gasteiger partial charge >= 0.3 is 0 Å². The van der Waals surface area contributed by atoms with Crippen molar-refractivity contribution in [3.8, 4) is 33.6 Å². The van der Waals surface area contributed by atoms with Gasteiger partial charge in [-0.1, -0.05) is 140 Å². The Labute approximate surface area is 299 Å². The van der Waals surface area contributed by atoms with E-state index in [0.29, 0.717) is 5.92 Å². The largest absolute Gasteiger partial charge is 0.309 e. The van der Waals surface area contributed by atoms with Crippen LogP contribution < -0.4 is 0 Å². The molecule has 1 aliphatic carbocycles. The SMILES string of the molecule is C/C=C(\C=C/CC)C1C=Cc2c(c3ccccc3n2-c2ccccc2-c2ccccc2-n2c3ccccc3c3cc(-c4ccccc4)ccc32)C1. The van der Waals surface area contributed by atoms with Crippen LogP contribution in [-0.4, -0.2) is 9.13 Å². The fourth-order valence-corrected chi connectivity index (χ4v) is 8.22. The van der Waals surface area contributed by atoms with Gasteiger partial charge in [0, 0.05) is 38.9 Å². The Morgan fingerprint density at radius 2 is 1.22 bits per heavy atom. The van der Waals surface area contributed by atoms with Crippen LogP contribution >= 0.6 is 0 Å². The molecule has 51 heavy (non-hydrogen) atoms. The lowest BCUT2D eigenvalue weighted by Gasteiger charge is -2.22. The van der Waals surface area contributed by atoms with E-state index < -0.39 is 0 Å². The molecule has 0 amide bonds. The van der Waals surface area contributed by atoms with Crippen molar-refractivity contribution in [2.24, 2.45) is 5.92 Å². The van der Waals surface area contributed by atoms with Crippen LogP contribution in [0.15, 0.2) is 175 Å². The van der Waals surface area contributed by atoms with E-state index in [1.165, 1.54) is 83.2 Å². The minimum absolute atomic E-state index is 0.359. The van der Waals surface area contributed by atoms with Gasteiger partial charge in [-0.25, -0.2) is 0 Å². The summed E-state index contributed by atoms with van der Waals surface area (Å²) in [5.41, 5.74) is 15.0. The van der Waals surface area contributed by atoms with Crippen LogP contribution in [0.3, 0.4) is 0 Å². The lowest BCUT2D eigenvalue weighted by Crippen LogP contribution is -2.10. The third kappa shape index (κ3) is 5.18. The zero-order valence-electron chi connectivity index (χ0n) is 29.1. The molecule has 2 nitrogen and oxygen atoms in total. The second-order valence-electron chi connectivity index (χ2n) is 13.5. The number of nitrogens with zero attached hydrogens (tertiary/aromatic N) is 2. The van der Waals surface area contributed by atoms with Crippen LogP contribution in [0.4, 0.5) is 0 Å². The van der Waals surface area contributed by atoms with Gasteiger partial charge in [0.1, 0.15) is 0 Å². The van der Waals surface area contributed by atoms with Crippen molar-refractivity contribution in [3.05, 3.63) is 187 Å². The number of aromatic nitrogens is 2. The molecule has 0 spiro atoms. The van der Waals surface area contributed by atoms with Crippen LogP contribution in [-0.2, 0) is 6.42 Å². The first kappa shape index (κ1) is 30.9. The molecule has 1 aliphatic rings. The average Bonchev–Trinajstić information content (AvgIpc) is 3.71. The van der Waals surface area contributed by atoms with Crippen molar-refractivity contribution in [2.45, 2.75) is 26.7 Å². The van der Waals surface area contributed by atoms with Crippen molar-refractivity contribution in [1.82, 2.24) is 9.13 Å². The van der Waals surface area contributed by atoms with Gasteiger partial charge in [0.05, 0.1) is 27.9 Å². The van der Waals surface area contributed by atoms with E-state index in [9.17, 15) is 0 Å². The maximum atomic E-state index is 2.50. The molecule has 0 bridgehead atoms. The summed E-state index contributed by atoms with van der Waals surface area (Å²) < 4.78 is 4.96. The smallest absolute Gasteiger partial charge is 0.0541 e. The fourth-order valence-electron chi connectivity index (χ4n) is 8.22. The first-order valence-electron chi connectivity index (χ1n) is 18.2. The maximum Gasteiger partial charge on any atom is 0.0541 e. The predicted molar refractivity (Wildman–Crippen MR) is 218 cm³/mol. The van der Waals surface area contributed by atoms with Gasteiger partial charge < -0.3 is 9.13 Å². The summed E-state index contributed by atoms with van der Waals surface area (Å²) in [5, 5.41) is 3.85. The molecule has 246 valence electrons. The van der Waals surface area contributed by atoms with E-state index in [0.717, 1.165) is 12.8 Å². The molecule has 8 aromatic rings. The Morgan fingerprint density at radius 1 is 0.608 bits per heavy atom. The molecule has 1 unspecified atom stereocenters. The third-order valence-electron chi connectivity index (χ3n) is 10.6. The molecule has 6 aromatic carbocycles. The first-order chi connectivity index (χ1) is 25.2. The second kappa shape index (κ2) is 13.0. The summed E-state index contributed by atoms with van der Waals surface area (Å²) >= 11 is 0. The van der Waals surface area contributed by atoms with Gasteiger partial charge in [0.25, 0.3) is 0 Å². The van der Waals surface area contributed by atoms with E-state index in [1.807, 2.05) is 0 Å². The first-order valence-corrected chi connectivity index (χ1v) is 18.2. The molecule has 9 rings (SSSR count). The molecule has 0 fully saturated rings. The molecular weight excluding hydrogens is 617 g/mol. The zero-order chi connectivity index (χ0) is 34.3. The lowest BCUT2D eigenvalue weighted by atomic mass is 9.86. The Balaban J connectivity index is 1.24. The molecule has 0 N–H and O–H groups in total. The number of para-hydroxylation sites is 4. The normalized spacial score (nSPS) is 14.6. The Kier molecular flexibility index (Phi) is 7.86. The summed E-state index contributed by atoms with van der Waals surface area (Å²) in [5.74, 6) is 0.359. The van der Waals surface area contributed by atoms with E-state index in [1.54, 1.807) is 0 Å². The lowest BCUT2D eigenvalue weighted by molar-refractivity contribution is 0.761. The molecule has 0 saturated heterocycles. The quantitative estimate of drug-likeness (QED) is 0.151. The van der Waals surface area contributed by atoms with Crippen LogP contribution in [0, 0.1) is 5.92 Å². The number of hydrogen-bond acceptors (Lipinski definition) is 0. The van der Waals surface area contributed by atoms with E-state index in [4.69, 9.17) is 0 Å². The molecular formula is C49H40N2. The Hall–Kier alpha value is -6.12. The predicted octanol–water partition coefficient (Wildman–Crippen LogP) is 13.2. The Bertz CT molecular complexity index is 2660. The highest BCUT2D eigenvalue weighted by Crippen LogP contribution is 2.42. The summed E-state index contributed by atoms with van der Waals surface area (Å²) in [6, 6.07) is 53.2. The highest BCUT2D eigenvalue weighted by Gasteiger charge is 2.25. The summed E-state index contributed by atoms with van der Waals surface area (Å²) in [7, 11) is 0. The molecule has 2 heteroatoms. The van der Waals surface area contributed by atoms with E-state index in [-0.39, 0.29) is 0 Å². The molecule has 0 aliphatic heterocycles. The number of hydrogen-bond donors (Lipinski definition) is 0. The van der Waals surface area contributed by atoms with E-state index in [2.05, 4.69) is 199 Å².